The van der Waals surface area contributed by atoms with Gasteiger partial charge < -0.3 is 18.5 Å². The number of esters is 1. The summed E-state index contributed by atoms with van der Waals surface area (Å²) in [6.07, 6.45) is 3.98. The van der Waals surface area contributed by atoms with E-state index in [0.29, 0.717) is 18.1 Å². The van der Waals surface area contributed by atoms with Crippen LogP contribution in [0.3, 0.4) is 0 Å². The van der Waals surface area contributed by atoms with Gasteiger partial charge in [-0.25, -0.2) is 4.79 Å². The van der Waals surface area contributed by atoms with Crippen molar-refractivity contribution in [3.8, 4) is 0 Å². The molecule has 0 N–H and O–H groups in total. The molecule has 1 saturated heterocycles. The maximum Gasteiger partial charge on any atom is 0.374 e. The number of aromatic nitrogens is 3. The van der Waals surface area contributed by atoms with E-state index in [4.69, 9.17) is 13.6 Å². The Morgan fingerprint density at radius 3 is 2.80 bits per heavy atom. The standard InChI is InChI=1S/C21H26N4O4S/c1-14-6-8-24(9-7-14)20-22-23-21(25(20)12-16-5-4-10-28-16)30-13-17-11-15(2)18(29-17)19(26)27-3/h4-5,10-11,14H,6-9,12-13H2,1-3H3. The molecule has 0 spiro atoms. The molecule has 0 atom stereocenters. The number of ether oxygens (including phenoxy) is 1. The number of carbonyl (C=O) groups excluding carboxylic acids is 1. The normalized spacial score (nSPS) is 15.0. The first-order valence-electron chi connectivity index (χ1n) is 10.1. The van der Waals surface area contributed by atoms with Gasteiger partial charge in [-0.15, -0.1) is 10.2 Å². The molecule has 1 aliphatic heterocycles. The van der Waals surface area contributed by atoms with Crippen molar-refractivity contribution in [1.82, 2.24) is 14.8 Å². The maximum absolute atomic E-state index is 11.8. The number of nitrogens with zero attached hydrogens (tertiary/aromatic N) is 4. The highest BCUT2D eigenvalue weighted by atomic mass is 32.2. The van der Waals surface area contributed by atoms with Crippen LogP contribution in [0.4, 0.5) is 5.95 Å². The predicted molar refractivity (Wildman–Crippen MR) is 113 cm³/mol. The first kappa shape index (κ1) is 20.6. The Bertz CT molecular complexity index is 987. The van der Waals surface area contributed by atoms with E-state index in [1.54, 1.807) is 6.26 Å². The molecule has 30 heavy (non-hydrogen) atoms. The van der Waals surface area contributed by atoms with E-state index in [-0.39, 0.29) is 5.76 Å². The van der Waals surface area contributed by atoms with Crippen LogP contribution in [0.5, 0.6) is 0 Å². The summed E-state index contributed by atoms with van der Waals surface area (Å²) in [5.41, 5.74) is 0.762. The number of anilines is 1. The van der Waals surface area contributed by atoms with Crippen molar-refractivity contribution in [2.24, 2.45) is 5.92 Å². The number of piperidine rings is 1. The lowest BCUT2D eigenvalue weighted by molar-refractivity contribution is 0.0562. The molecule has 0 radical (unpaired) electrons. The molecule has 8 nitrogen and oxygen atoms in total. The minimum atomic E-state index is -0.466. The van der Waals surface area contributed by atoms with E-state index in [1.807, 2.05) is 25.1 Å². The van der Waals surface area contributed by atoms with Crippen molar-refractivity contribution < 1.29 is 18.4 Å². The first-order valence-corrected chi connectivity index (χ1v) is 11.0. The molecule has 3 aromatic heterocycles. The summed E-state index contributed by atoms with van der Waals surface area (Å²) in [4.78, 5) is 14.1. The van der Waals surface area contributed by atoms with Crippen LogP contribution in [0.25, 0.3) is 0 Å². The second-order valence-corrected chi connectivity index (χ2v) is 8.57. The van der Waals surface area contributed by atoms with Gasteiger partial charge in [-0.1, -0.05) is 18.7 Å². The summed E-state index contributed by atoms with van der Waals surface area (Å²) in [7, 11) is 1.35. The molecule has 1 fully saturated rings. The SMILES string of the molecule is COC(=O)c1oc(CSc2nnc(N3CCC(C)CC3)n2Cc2ccco2)cc1C. The third-order valence-electron chi connectivity index (χ3n) is 5.34. The van der Waals surface area contributed by atoms with E-state index < -0.39 is 5.97 Å². The molecule has 0 amide bonds. The lowest BCUT2D eigenvalue weighted by atomic mass is 10.00. The number of hydrogen-bond donors (Lipinski definition) is 0. The molecule has 0 aromatic carbocycles. The molecule has 4 heterocycles. The Balaban J connectivity index is 1.54. The summed E-state index contributed by atoms with van der Waals surface area (Å²) in [6.45, 7) is 6.64. The minimum absolute atomic E-state index is 0.244. The van der Waals surface area contributed by atoms with Gasteiger partial charge in [-0.05, 0) is 43.9 Å². The maximum atomic E-state index is 11.8. The largest absolute Gasteiger partial charge is 0.467 e. The highest BCUT2D eigenvalue weighted by Gasteiger charge is 2.24. The van der Waals surface area contributed by atoms with Gasteiger partial charge in [0.15, 0.2) is 5.16 Å². The Morgan fingerprint density at radius 1 is 1.30 bits per heavy atom. The minimum Gasteiger partial charge on any atom is -0.467 e. The molecule has 0 bridgehead atoms. The van der Waals surface area contributed by atoms with Gasteiger partial charge in [-0.3, -0.25) is 4.57 Å². The number of hydrogen-bond acceptors (Lipinski definition) is 8. The summed E-state index contributed by atoms with van der Waals surface area (Å²) in [5.74, 6) is 3.46. The molecule has 0 saturated carbocycles. The fourth-order valence-corrected chi connectivity index (χ4v) is 4.39. The third-order valence-corrected chi connectivity index (χ3v) is 6.33. The van der Waals surface area contributed by atoms with Gasteiger partial charge in [0, 0.05) is 18.7 Å². The van der Waals surface area contributed by atoms with Crippen LogP contribution in [0.1, 0.15) is 47.4 Å². The van der Waals surface area contributed by atoms with Crippen molar-refractivity contribution >= 4 is 23.7 Å². The van der Waals surface area contributed by atoms with Crippen molar-refractivity contribution in [3.05, 3.63) is 47.3 Å². The van der Waals surface area contributed by atoms with Gasteiger partial charge in [0.1, 0.15) is 11.5 Å². The Morgan fingerprint density at radius 2 is 2.10 bits per heavy atom. The average Bonchev–Trinajstić information content (AvgIpc) is 3.48. The zero-order valence-corrected chi connectivity index (χ0v) is 18.3. The molecule has 1 aliphatic rings. The average molecular weight is 431 g/mol. The zero-order chi connectivity index (χ0) is 21.1. The smallest absolute Gasteiger partial charge is 0.374 e. The molecule has 0 unspecified atom stereocenters. The number of thioether (sulfide) groups is 1. The van der Waals surface area contributed by atoms with Gasteiger partial charge in [0.2, 0.25) is 11.7 Å². The highest BCUT2D eigenvalue weighted by molar-refractivity contribution is 7.98. The summed E-state index contributed by atoms with van der Waals surface area (Å²) >= 11 is 1.52. The van der Waals surface area contributed by atoms with Crippen LogP contribution in [-0.4, -0.2) is 40.9 Å². The molecule has 160 valence electrons. The number of furan rings is 2. The van der Waals surface area contributed by atoms with E-state index >= 15 is 0 Å². The lowest BCUT2D eigenvalue weighted by Gasteiger charge is -2.31. The van der Waals surface area contributed by atoms with E-state index in [9.17, 15) is 4.79 Å². The topological polar surface area (TPSA) is 86.5 Å². The number of carbonyl (C=O) groups is 1. The Kier molecular flexibility index (Phi) is 6.17. The van der Waals surface area contributed by atoms with Crippen LogP contribution in [0.15, 0.2) is 38.5 Å². The second kappa shape index (κ2) is 8.99. The van der Waals surface area contributed by atoms with Crippen LogP contribution >= 0.6 is 11.8 Å². The van der Waals surface area contributed by atoms with E-state index in [0.717, 1.165) is 54.3 Å². The molecular weight excluding hydrogens is 404 g/mol. The van der Waals surface area contributed by atoms with Crippen LogP contribution in [-0.2, 0) is 17.0 Å². The zero-order valence-electron chi connectivity index (χ0n) is 17.5. The molecule has 0 aliphatic carbocycles. The summed E-state index contributed by atoms with van der Waals surface area (Å²) in [5, 5.41) is 9.73. The van der Waals surface area contributed by atoms with Gasteiger partial charge >= 0.3 is 5.97 Å². The first-order chi connectivity index (χ1) is 14.5. The number of aryl methyl sites for hydroxylation is 1. The fourth-order valence-electron chi connectivity index (χ4n) is 3.58. The van der Waals surface area contributed by atoms with Crippen molar-refractivity contribution in [1.29, 1.82) is 0 Å². The van der Waals surface area contributed by atoms with E-state index in [2.05, 4.69) is 26.6 Å². The molecule has 9 heteroatoms. The fraction of sp³-hybridized carbons (Fsp3) is 0.476. The van der Waals surface area contributed by atoms with Gasteiger partial charge in [-0.2, -0.15) is 0 Å². The Labute approximate surface area is 179 Å². The second-order valence-electron chi connectivity index (χ2n) is 7.62. The monoisotopic (exact) mass is 430 g/mol. The molecule has 4 rings (SSSR count). The quantitative estimate of drug-likeness (QED) is 0.408. The summed E-state index contributed by atoms with van der Waals surface area (Å²) in [6, 6.07) is 5.70. The third kappa shape index (κ3) is 4.40. The van der Waals surface area contributed by atoms with Crippen LogP contribution < -0.4 is 4.90 Å². The lowest BCUT2D eigenvalue weighted by Crippen LogP contribution is -2.35. The predicted octanol–water partition coefficient (Wildman–Crippen LogP) is 4.14. The van der Waals surface area contributed by atoms with Crippen molar-refractivity contribution in [3.63, 3.8) is 0 Å². The van der Waals surface area contributed by atoms with Crippen LogP contribution in [0, 0.1) is 12.8 Å². The highest BCUT2D eigenvalue weighted by Crippen LogP contribution is 2.30. The Hall–Kier alpha value is -2.68. The van der Waals surface area contributed by atoms with Gasteiger partial charge in [0.25, 0.3) is 0 Å². The van der Waals surface area contributed by atoms with Gasteiger partial charge in [0.05, 0.1) is 25.7 Å². The van der Waals surface area contributed by atoms with Crippen molar-refractivity contribution in [2.45, 2.75) is 44.1 Å². The van der Waals surface area contributed by atoms with E-state index in [1.165, 1.54) is 18.9 Å². The molecule has 3 aromatic rings. The molecular formula is C21H26N4O4S. The summed E-state index contributed by atoms with van der Waals surface area (Å²) < 4.78 is 18.1. The number of rotatable bonds is 7. The van der Waals surface area contributed by atoms with Crippen molar-refractivity contribution in [2.75, 3.05) is 25.1 Å². The van der Waals surface area contributed by atoms with Crippen LogP contribution in [0.2, 0.25) is 0 Å². The number of methoxy groups -OCH3 is 1.